The third-order valence-electron chi connectivity index (χ3n) is 4.25. The number of aryl methyl sites for hydroxylation is 1. The number of sulfonamides is 1. The molecule has 24 heavy (non-hydrogen) atoms. The average Bonchev–Trinajstić information content (AvgIpc) is 2.74. The number of carbonyl (C=O) groups is 1. The summed E-state index contributed by atoms with van der Waals surface area (Å²) in [5, 5.41) is 0. The van der Waals surface area contributed by atoms with Gasteiger partial charge in [-0.05, 0) is 18.9 Å². The van der Waals surface area contributed by atoms with Crippen molar-refractivity contribution in [2.75, 3.05) is 26.2 Å². The third-order valence-corrected chi connectivity index (χ3v) is 6.10. The molecule has 6 heteroatoms. The summed E-state index contributed by atoms with van der Waals surface area (Å²) in [5.74, 6) is 0.0980. The highest BCUT2D eigenvalue weighted by atomic mass is 32.2. The first-order valence-electron chi connectivity index (χ1n) is 8.42. The molecule has 0 atom stereocenters. The van der Waals surface area contributed by atoms with Crippen LogP contribution in [0.5, 0.6) is 0 Å². The van der Waals surface area contributed by atoms with Crippen molar-refractivity contribution in [3.63, 3.8) is 0 Å². The maximum absolute atomic E-state index is 12.7. The Bertz CT molecular complexity index is 675. The van der Waals surface area contributed by atoms with Crippen LogP contribution in [0, 0.1) is 12.3 Å². The fraction of sp³-hybridized carbons (Fsp3) is 0.611. The molecule has 0 radical (unpaired) electrons. The second-order valence-electron chi connectivity index (χ2n) is 7.54. The van der Waals surface area contributed by atoms with Crippen LogP contribution in [0.3, 0.4) is 0 Å². The summed E-state index contributed by atoms with van der Waals surface area (Å²) in [6.45, 7) is 9.59. The first-order chi connectivity index (χ1) is 11.1. The molecule has 1 heterocycles. The Hall–Kier alpha value is -1.40. The van der Waals surface area contributed by atoms with Gasteiger partial charge < -0.3 is 4.90 Å². The molecular weight excluding hydrogens is 324 g/mol. The lowest BCUT2D eigenvalue weighted by molar-refractivity contribution is -0.139. The zero-order valence-corrected chi connectivity index (χ0v) is 15.9. The van der Waals surface area contributed by atoms with E-state index >= 15 is 0 Å². The number of rotatable bonds is 3. The van der Waals surface area contributed by atoms with Gasteiger partial charge in [0.15, 0.2) is 0 Å². The summed E-state index contributed by atoms with van der Waals surface area (Å²) < 4.78 is 26.9. The second-order valence-corrected chi connectivity index (χ2v) is 9.51. The van der Waals surface area contributed by atoms with Crippen molar-refractivity contribution < 1.29 is 13.2 Å². The van der Waals surface area contributed by atoms with E-state index in [-0.39, 0.29) is 11.7 Å². The lowest BCUT2D eigenvalue weighted by Gasteiger charge is -2.28. The van der Waals surface area contributed by atoms with Gasteiger partial charge >= 0.3 is 0 Å². The van der Waals surface area contributed by atoms with E-state index in [1.54, 1.807) is 4.90 Å². The number of hydrogen-bond acceptors (Lipinski definition) is 3. The predicted octanol–water partition coefficient (Wildman–Crippen LogP) is 2.41. The summed E-state index contributed by atoms with van der Waals surface area (Å²) in [4.78, 5) is 14.2. The van der Waals surface area contributed by atoms with E-state index < -0.39 is 15.4 Å². The Labute approximate surface area is 145 Å². The summed E-state index contributed by atoms with van der Waals surface area (Å²) in [6.07, 6.45) is 0.676. The molecule has 1 saturated heterocycles. The van der Waals surface area contributed by atoms with Gasteiger partial charge in [-0.2, -0.15) is 4.31 Å². The minimum Gasteiger partial charge on any atom is -0.341 e. The van der Waals surface area contributed by atoms with Gasteiger partial charge in [0.1, 0.15) is 0 Å². The SMILES string of the molecule is Cc1ccc(CS(=O)(=O)N2CCCN(C(=O)C(C)(C)C)CC2)cc1. The summed E-state index contributed by atoms with van der Waals surface area (Å²) >= 11 is 0. The standard InChI is InChI=1S/C18H28N2O3S/c1-15-6-8-16(9-7-15)14-24(22,23)20-11-5-10-19(12-13-20)17(21)18(2,3)4/h6-9H,5,10-14H2,1-4H3. The molecule has 0 N–H and O–H groups in total. The lowest BCUT2D eigenvalue weighted by Crippen LogP contribution is -2.42. The van der Waals surface area contributed by atoms with Gasteiger partial charge in [-0.3, -0.25) is 4.79 Å². The summed E-state index contributed by atoms with van der Waals surface area (Å²) in [6, 6.07) is 7.58. The van der Waals surface area contributed by atoms with Crippen molar-refractivity contribution in [1.29, 1.82) is 0 Å². The van der Waals surface area contributed by atoms with E-state index in [9.17, 15) is 13.2 Å². The van der Waals surface area contributed by atoms with E-state index in [1.807, 2.05) is 52.0 Å². The number of amides is 1. The Morgan fingerprint density at radius 1 is 1.04 bits per heavy atom. The van der Waals surface area contributed by atoms with Gasteiger partial charge in [0.05, 0.1) is 5.75 Å². The van der Waals surface area contributed by atoms with Crippen LogP contribution in [0.1, 0.15) is 38.3 Å². The van der Waals surface area contributed by atoms with Crippen molar-refractivity contribution in [2.24, 2.45) is 5.41 Å². The highest BCUT2D eigenvalue weighted by Crippen LogP contribution is 2.20. The molecule has 1 aliphatic rings. The van der Waals surface area contributed by atoms with Crippen LogP contribution < -0.4 is 0 Å². The molecular formula is C18H28N2O3S. The van der Waals surface area contributed by atoms with Gasteiger partial charge in [-0.25, -0.2) is 8.42 Å². The fourth-order valence-electron chi connectivity index (χ4n) is 2.84. The topological polar surface area (TPSA) is 57.7 Å². The number of benzene rings is 1. The zero-order chi connectivity index (χ0) is 18.0. The van der Waals surface area contributed by atoms with Crippen LogP contribution in [0.25, 0.3) is 0 Å². The zero-order valence-electron chi connectivity index (χ0n) is 15.1. The second kappa shape index (κ2) is 7.23. The van der Waals surface area contributed by atoms with Crippen LogP contribution in [-0.2, 0) is 20.6 Å². The Morgan fingerprint density at radius 2 is 1.67 bits per heavy atom. The van der Waals surface area contributed by atoms with E-state index in [4.69, 9.17) is 0 Å². The van der Waals surface area contributed by atoms with Gasteiger partial charge in [-0.15, -0.1) is 0 Å². The van der Waals surface area contributed by atoms with Crippen LogP contribution in [0.2, 0.25) is 0 Å². The van der Waals surface area contributed by atoms with Crippen molar-refractivity contribution in [3.8, 4) is 0 Å². The summed E-state index contributed by atoms with van der Waals surface area (Å²) in [7, 11) is -3.36. The molecule has 1 aliphatic heterocycles. The fourth-order valence-corrected chi connectivity index (χ4v) is 4.40. The quantitative estimate of drug-likeness (QED) is 0.839. The highest BCUT2D eigenvalue weighted by molar-refractivity contribution is 7.88. The smallest absolute Gasteiger partial charge is 0.227 e. The van der Waals surface area contributed by atoms with E-state index in [1.165, 1.54) is 4.31 Å². The largest absolute Gasteiger partial charge is 0.341 e. The van der Waals surface area contributed by atoms with Gasteiger partial charge in [0.25, 0.3) is 0 Å². The molecule has 0 spiro atoms. The number of hydrogen-bond donors (Lipinski definition) is 0. The Morgan fingerprint density at radius 3 is 2.25 bits per heavy atom. The molecule has 134 valence electrons. The highest BCUT2D eigenvalue weighted by Gasteiger charge is 2.31. The lowest BCUT2D eigenvalue weighted by atomic mass is 9.94. The molecule has 0 aromatic heterocycles. The summed E-state index contributed by atoms with van der Waals surface area (Å²) in [5.41, 5.74) is 1.48. The molecule has 1 aromatic rings. The number of nitrogens with zero attached hydrogens (tertiary/aromatic N) is 2. The predicted molar refractivity (Wildman–Crippen MR) is 96.0 cm³/mol. The minimum absolute atomic E-state index is 0.0144. The van der Waals surface area contributed by atoms with Crippen molar-refractivity contribution >= 4 is 15.9 Å². The molecule has 0 unspecified atom stereocenters. The third kappa shape index (κ3) is 4.80. The van der Waals surface area contributed by atoms with Gasteiger partial charge in [0, 0.05) is 31.6 Å². The van der Waals surface area contributed by atoms with Crippen molar-refractivity contribution in [3.05, 3.63) is 35.4 Å². The Balaban J connectivity index is 2.04. The van der Waals surface area contributed by atoms with E-state index in [0.717, 1.165) is 11.1 Å². The van der Waals surface area contributed by atoms with Crippen LogP contribution in [-0.4, -0.2) is 49.7 Å². The van der Waals surface area contributed by atoms with E-state index in [2.05, 4.69) is 0 Å². The molecule has 1 fully saturated rings. The maximum atomic E-state index is 12.7. The maximum Gasteiger partial charge on any atom is 0.227 e. The normalized spacial score (nSPS) is 17.6. The van der Waals surface area contributed by atoms with Crippen LogP contribution in [0.4, 0.5) is 0 Å². The Kier molecular flexibility index (Phi) is 5.71. The van der Waals surface area contributed by atoms with Crippen molar-refractivity contribution in [1.82, 2.24) is 9.21 Å². The molecule has 0 aliphatic carbocycles. The molecule has 5 nitrogen and oxygen atoms in total. The van der Waals surface area contributed by atoms with Crippen LogP contribution in [0.15, 0.2) is 24.3 Å². The monoisotopic (exact) mass is 352 g/mol. The number of carbonyl (C=O) groups excluding carboxylic acids is 1. The molecule has 0 saturated carbocycles. The first-order valence-corrected chi connectivity index (χ1v) is 10.0. The van der Waals surface area contributed by atoms with Gasteiger partial charge in [0.2, 0.25) is 15.9 Å². The van der Waals surface area contributed by atoms with Gasteiger partial charge in [-0.1, -0.05) is 50.6 Å². The average molecular weight is 353 g/mol. The molecule has 0 bridgehead atoms. The first kappa shape index (κ1) is 18.9. The van der Waals surface area contributed by atoms with E-state index in [0.29, 0.717) is 32.6 Å². The van der Waals surface area contributed by atoms with Crippen molar-refractivity contribution in [2.45, 2.75) is 39.9 Å². The van der Waals surface area contributed by atoms with Crippen LogP contribution >= 0.6 is 0 Å². The minimum atomic E-state index is -3.36. The molecule has 1 aromatic carbocycles. The molecule has 1 amide bonds. The molecule has 2 rings (SSSR count).